The van der Waals surface area contributed by atoms with E-state index in [1.807, 2.05) is 48.7 Å². The van der Waals surface area contributed by atoms with Crippen molar-refractivity contribution in [3.05, 3.63) is 48.0 Å². The summed E-state index contributed by atoms with van der Waals surface area (Å²) in [6.45, 7) is 1.44. The Morgan fingerprint density at radius 3 is 2.59 bits per heavy atom. The van der Waals surface area contributed by atoms with Gasteiger partial charge in [0.15, 0.2) is 5.13 Å². The first-order valence-corrected chi connectivity index (χ1v) is 10.8. The van der Waals surface area contributed by atoms with E-state index in [1.54, 1.807) is 23.8 Å². The summed E-state index contributed by atoms with van der Waals surface area (Å²) in [5, 5.41) is 0.703. The zero-order valence-corrected chi connectivity index (χ0v) is 17.6. The number of rotatable bonds is 7. The molecule has 7 heteroatoms. The number of nitrogens with one attached hydrogen (secondary N) is 1. The number of quaternary nitrogens is 1. The summed E-state index contributed by atoms with van der Waals surface area (Å²) in [6, 6.07) is 13.6. The number of methoxy groups -OCH3 is 1. The van der Waals surface area contributed by atoms with Crippen molar-refractivity contribution in [2.45, 2.75) is 4.90 Å². The van der Waals surface area contributed by atoms with Crippen LogP contribution in [0.5, 0.6) is 5.75 Å². The third kappa shape index (κ3) is 4.43. The van der Waals surface area contributed by atoms with Crippen LogP contribution in [0.15, 0.2) is 47.4 Å². The van der Waals surface area contributed by atoms with Gasteiger partial charge in [-0.05, 0) is 42.7 Å². The average Bonchev–Trinajstić information content (AvgIpc) is 3.11. The smallest absolute Gasteiger partial charge is 0.260 e. The molecule has 2 aromatic carbocycles. The lowest BCUT2D eigenvalue weighted by atomic mass is 10.2. The lowest BCUT2D eigenvalue weighted by Crippen LogP contribution is -3.06. The van der Waals surface area contributed by atoms with E-state index >= 15 is 0 Å². The van der Waals surface area contributed by atoms with E-state index in [1.165, 1.54) is 16.2 Å². The van der Waals surface area contributed by atoms with Gasteiger partial charge in [0.2, 0.25) is 0 Å². The molecular weight excluding hydrogens is 378 g/mol. The van der Waals surface area contributed by atoms with Gasteiger partial charge in [-0.25, -0.2) is 4.98 Å². The third-order valence-electron chi connectivity index (χ3n) is 4.24. The van der Waals surface area contributed by atoms with Crippen molar-refractivity contribution in [3.63, 3.8) is 0 Å². The number of benzene rings is 2. The van der Waals surface area contributed by atoms with E-state index < -0.39 is 0 Å². The highest BCUT2D eigenvalue weighted by Crippen LogP contribution is 2.34. The maximum atomic E-state index is 13.2. The van der Waals surface area contributed by atoms with Crippen LogP contribution in [0.25, 0.3) is 10.2 Å². The topological polar surface area (TPSA) is 46.9 Å². The summed E-state index contributed by atoms with van der Waals surface area (Å²) in [4.78, 5) is 22.2. The predicted molar refractivity (Wildman–Crippen MR) is 114 cm³/mol. The molecule has 1 amide bonds. The number of fused-ring (bicyclic) bond motifs is 1. The van der Waals surface area contributed by atoms with Gasteiger partial charge in [-0.3, -0.25) is 9.69 Å². The molecule has 1 heterocycles. The second kappa shape index (κ2) is 8.73. The summed E-state index contributed by atoms with van der Waals surface area (Å²) in [6.07, 6.45) is 2.03. The molecule has 3 aromatic rings. The van der Waals surface area contributed by atoms with Crippen molar-refractivity contribution >= 4 is 44.4 Å². The number of likely N-dealkylation sites (N-methyl/N-ethyl adjacent to an activating group) is 1. The van der Waals surface area contributed by atoms with Crippen LogP contribution in [-0.2, 0) is 0 Å². The summed E-state index contributed by atoms with van der Waals surface area (Å²) in [5.41, 5.74) is 1.47. The zero-order chi connectivity index (χ0) is 19.4. The molecule has 1 aromatic heterocycles. The number of anilines is 1. The summed E-state index contributed by atoms with van der Waals surface area (Å²) in [7, 11) is 5.80. The second-order valence-corrected chi connectivity index (χ2v) is 8.33. The number of hydrogen-bond donors (Lipinski definition) is 1. The minimum Gasteiger partial charge on any atom is -0.494 e. The molecule has 0 unspecified atom stereocenters. The number of amides is 1. The lowest BCUT2D eigenvalue weighted by molar-refractivity contribution is -0.856. The van der Waals surface area contributed by atoms with Crippen LogP contribution in [-0.4, -0.2) is 51.4 Å². The maximum Gasteiger partial charge on any atom is 0.260 e. The molecule has 0 radical (unpaired) electrons. The largest absolute Gasteiger partial charge is 0.494 e. The minimum absolute atomic E-state index is 0.0260. The first-order chi connectivity index (χ1) is 13.0. The van der Waals surface area contributed by atoms with E-state index in [4.69, 9.17) is 9.72 Å². The fourth-order valence-electron chi connectivity index (χ4n) is 2.70. The number of thiazole rings is 1. The number of ether oxygens (including phenoxy) is 1. The van der Waals surface area contributed by atoms with Crippen LogP contribution in [0.3, 0.4) is 0 Å². The van der Waals surface area contributed by atoms with Gasteiger partial charge in [-0.15, -0.1) is 11.8 Å². The van der Waals surface area contributed by atoms with Crippen LogP contribution in [0.1, 0.15) is 10.4 Å². The fraction of sp³-hybridized carbons (Fsp3) is 0.300. The van der Waals surface area contributed by atoms with Crippen molar-refractivity contribution in [1.29, 1.82) is 0 Å². The maximum absolute atomic E-state index is 13.2. The predicted octanol–water partition coefficient (Wildman–Crippen LogP) is 2.82. The van der Waals surface area contributed by atoms with Gasteiger partial charge in [-0.1, -0.05) is 17.4 Å². The Morgan fingerprint density at radius 1 is 1.22 bits per heavy atom. The van der Waals surface area contributed by atoms with Crippen LogP contribution in [0, 0.1) is 0 Å². The molecule has 0 aliphatic heterocycles. The van der Waals surface area contributed by atoms with E-state index in [0.717, 1.165) is 27.4 Å². The minimum atomic E-state index is -0.0260. The molecule has 0 aliphatic rings. The van der Waals surface area contributed by atoms with Crippen molar-refractivity contribution in [1.82, 2.24) is 4.98 Å². The van der Waals surface area contributed by atoms with Crippen LogP contribution in [0.2, 0.25) is 0 Å². The Bertz CT molecular complexity index is 923. The molecule has 3 rings (SSSR count). The molecule has 0 atom stereocenters. The number of aromatic nitrogens is 1. The quantitative estimate of drug-likeness (QED) is 0.618. The van der Waals surface area contributed by atoms with Crippen molar-refractivity contribution in [2.24, 2.45) is 0 Å². The SMILES string of the molecule is COc1cccc2sc(N(CC[NH+](C)C)C(=O)c3ccc(SC)cc3)nc12. The van der Waals surface area contributed by atoms with E-state index in [9.17, 15) is 4.79 Å². The second-order valence-electron chi connectivity index (χ2n) is 6.45. The number of carbonyl (C=O) groups excluding carboxylic acids is 1. The Hall–Kier alpha value is -2.09. The number of thioether (sulfide) groups is 1. The van der Waals surface area contributed by atoms with E-state index in [0.29, 0.717) is 17.2 Å². The van der Waals surface area contributed by atoms with Gasteiger partial charge < -0.3 is 9.64 Å². The van der Waals surface area contributed by atoms with Gasteiger partial charge in [0, 0.05) is 10.5 Å². The molecule has 0 spiro atoms. The van der Waals surface area contributed by atoms with Crippen LogP contribution in [0.4, 0.5) is 5.13 Å². The highest BCUT2D eigenvalue weighted by molar-refractivity contribution is 7.98. The van der Waals surface area contributed by atoms with Gasteiger partial charge in [-0.2, -0.15) is 0 Å². The van der Waals surface area contributed by atoms with Gasteiger partial charge >= 0.3 is 0 Å². The molecule has 142 valence electrons. The van der Waals surface area contributed by atoms with E-state index in [2.05, 4.69) is 14.1 Å². The third-order valence-corrected chi connectivity index (χ3v) is 6.03. The van der Waals surface area contributed by atoms with Crippen molar-refractivity contribution in [2.75, 3.05) is 45.5 Å². The number of carbonyl (C=O) groups is 1. The van der Waals surface area contributed by atoms with Gasteiger partial charge in [0.1, 0.15) is 11.3 Å². The summed E-state index contributed by atoms with van der Waals surface area (Å²) in [5.74, 6) is 0.701. The van der Waals surface area contributed by atoms with Crippen molar-refractivity contribution in [3.8, 4) is 5.75 Å². The fourth-order valence-corrected chi connectivity index (χ4v) is 4.12. The lowest BCUT2D eigenvalue weighted by Gasteiger charge is -2.20. The first-order valence-electron chi connectivity index (χ1n) is 8.72. The average molecular weight is 403 g/mol. The Morgan fingerprint density at radius 2 is 1.96 bits per heavy atom. The molecular formula is C20H24N3O2S2+. The molecule has 5 nitrogen and oxygen atoms in total. The molecule has 0 bridgehead atoms. The number of para-hydroxylation sites is 1. The standard InChI is InChI=1S/C20H23N3O2S2/c1-22(2)12-13-23(19(24)14-8-10-15(26-4)11-9-14)20-21-18-16(25-3)6-5-7-17(18)27-20/h5-11H,12-13H2,1-4H3/p+1. The van der Waals surface area contributed by atoms with Crippen LogP contribution >= 0.6 is 23.1 Å². The molecule has 27 heavy (non-hydrogen) atoms. The normalized spacial score (nSPS) is 11.1. The highest BCUT2D eigenvalue weighted by atomic mass is 32.2. The summed E-state index contributed by atoms with van der Waals surface area (Å²) < 4.78 is 6.43. The Balaban J connectivity index is 1.98. The number of hydrogen-bond acceptors (Lipinski definition) is 5. The Kier molecular flexibility index (Phi) is 6.36. The van der Waals surface area contributed by atoms with Crippen LogP contribution < -0.4 is 14.5 Å². The zero-order valence-electron chi connectivity index (χ0n) is 16.0. The Labute approximate surface area is 168 Å². The first kappa shape index (κ1) is 19.7. The molecule has 0 aliphatic carbocycles. The molecule has 1 N–H and O–H groups in total. The van der Waals surface area contributed by atoms with Gasteiger partial charge in [0.05, 0.1) is 39.0 Å². The number of nitrogens with zero attached hydrogens (tertiary/aromatic N) is 2. The molecule has 0 saturated heterocycles. The van der Waals surface area contributed by atoms with E-state index in [-0.39, 0.29) is 5.91 Å². The molecule has 0 fully saturated rings. The van der Waals surface area contributed by atoms with Crippen molar-refractivity contribution < 1.29 is 14.4 Å². The monoisotopic (exact) mass is 402 g/mol. The summed E-state index contributed by atoms with van der Waals surface area (Å²) >= 11 is 3.18. The molecule has 0 saturated carbocycles. The van der Waals surface area contributed by atoms with Gasteiger partial charge in [0.25, 0.3) is 5.91 Å². The highest BCUT2D eigenvalue weighted by Gasteiger charge is 2.23.